The Morgan fingerprint density at radius 3 is 1.93 bits per heavy atom. The molecule has 0 spiro atoms. The van der Waals surface area contributed by atoms with Crippen LogP contribution < -0.4 is 0 Å². The van der Waals surface area contributed by atoms with E-state index in [1.54, 1.807) is 0 Å². The van der Waals surface area contributed by atoms with Gasteiger partial charge in [0.15, 0.2) is 5.82 Å². The second-order valence-electron chi connectivity index (χ2n) is 14.9. The standard InChI is InChI=1S/C52H30N4S/c1-3-14-34-31(12-1)25-28-46-48(34)41-30-33(55-44-22-9-5-16-36(44)38-27-24-32-13-2-4-15-35(32)50(38)55)26-29-45(41)56(46)52-49(53-42-20-7-8-21-43(42)54-52)40-19-11-18-39-37-17-6-10-23-47(37)57-51(39)40/h1-30H. The Bertz CT molecular complexity index is 3830. The summed E-state index contributed by atoms with van der Waals surface area (Å²) >= 11 is 1.83. The molecule has 9 aromatic carbocycles. The second-order valence-corrected chi connectivity index (χ2v) is 16.0. The maximum Gasteiger partial charge on any atom is 0.165 e. The molecule has 13 rings (SSSR count). The van der Waals surface area contributed by atoms with Gasteiger partial charge in [0, 0.05) is 58.4 Å². The molecule has 0 amide bonds. The second kappa shape index (κ2) is 11.6. The minimum atomic E-state index is 0.824. The Hall–Kier alpha value is -7.34. The van der Waals surface area contributed by atoms with Crippen molar-refractivity contribution in [2.24, 2.45) is 0 Å². The third-order valence-corrected chi connectivity index (χ3v) is 13.1. The summed E-state index contributed by atoms with van der Waals surface area (Å²) in [6, 6.07) is 65.8. The zero-order valence-corrected chi connectivity index (χ0v) is 31.3. The summed E-state index contributed by atoms with van der Waals surface area (Å²) in [5.41, 5.74) is 9.43. The van der Waals surface area contributed by atoms with Crippen LogP contribution in [0, 0.1) is 0 Å². The van der Waals surface area contributed by atoms with Crippen molar-refractivity contribution in [3.8, 4) is 22.8 Å². The fraction of sp³-hybridized carbons (Fsp3) is 0. The number of benzene rings is 9. The van der Waals surface area contributed by atoms with Crippen molar-refractivity contribution in [2.45, 2.75) is 0 Å². The third-order valence-electron chi connectivity index (χ3n) is 11.9. The summed E-state index contributed by atoms with van der Waals surface area (Å²) in [5, 5.41) is 12.3. The van der Waals surface area contributed by atoms with Crippen molar-refractivity contribution >= 4 is 108 Å². The predicted octanol–water partition coefficient (Wildman–Crippen LogP) is 14.2. The molecule has 13 aromatic rings. The number of hydrogen-bond donors (Lipinski definition) is 0. The zero-order chi connectivity index (χ0) is 37.2. The number of fused-ring (bicyclic) bond motifs is 14. The van der Waals surface area contributed by atoms with Crippen LogP contribution in [0.5, 0.6) is 0 Å². The fourth-order valence-corrected chi connectivity index (χ4v) is 10.6. The van der Waals surface area contributed by atoms with Gasteiger partial charge in [-0.1, -0.05) is 133 Å². The van der Waals surface area contributed by atoms with E-state index in [9.17, 15) is 0 Å². The first kappa shape index (κ1) is 30.9. The molecular weight excluding hydrogens is 713 g/mol. The van der Waals surface area contributed by atoms with Crippen molar-refractivity contribution in [1.29, 1.82) is 0 Å². The van der Waals surface area contributed by atoms with Crippen LogP contribution in [0.25, 0.3) is 119 Å². The van der Waals surface area contributed by atoms with Gasteiger partial charge in [0.25, 0.3) is 0 Å². The van der Waals surface area contributed by atoms with Gasteiger partial charge in [-0.05, 0) is 64.7 Å². The van der Waals surface area contributed by atoms with Crippen LogP contribution in [-0.2, 0) is 0 Å². The Morgan fingerprint density at radius 1 is 0.404 bits per heavy atom. The molecule has 4 nitrogen and oxygen atoms in total. The zero-order valence-electron chi connectivity index (χ0n) is 30.5. The van der Waals surface area contributed by atoms with Gasteiger partial charge < -0.3 is 4.57 Å². The lowest BCUT2D eigenvalue weighted by molar-refractivity contribution is 1.08. The lowest BCUT2D eigenvalue weighted by Crippen LogP contribution is -2.04. The largest absolute Gasteiger partial charge is 0.309 e. The molecule has 5 heteroatoms. The average molecular weight is 743 g/mol. The Balaban J connectivity index is 1.17. The van der Waals surface area contributed by atoms with Gasteiger partial charge in [-0.2, -0.15) is 0 Å². The highest BCUT2D eigenvalue weighted by Crippen LogP contribution is 2.45. The molecule has 0 saturated carbocycles. The maximum absolute atomic E-state index is 5.52. The highest BCUT2D eigenvalue weighted by atomic mass is 32.1. The average Bonchev–Trinajstić information content (AvgIpc) is 3.94. The van der Waals surface area contributed by atoms with Gasteiger partial charge in [-0.25, -0.2) is 9.97 Å². The number of hydrogen-bond acceptors (Lipinski definition) is 3. The molecule has 0 saturated heterocycles. The molecule has 4 heterocycles. The van der Waals surface area contributed by atoms with E-state index in [0.29, 0.717) is 0 Å². The van der Waals surface area contributed by atoms with Crippen molar-refractivity contribution in [1.82, 2.24) is 19.1 Å². The molecular formula is C52H30N4S. The highest BCUT2D eigenvalue weighted by molar-refractivity contribution is 7.26. The summed E-state index contributed by atoms with van der Waals surface area (Å²) in [7, 11) is 0. The van der Waals surface area contributed by atoms with E-state index in [0.717, 1.165) is 44.8 Å². The molecule has 0 atom stereocenters. The van der Waals surface area contributed by atoms with E-state index in [1.165, 1.54) is 74.3 Å². The van der Waals surface area contributed by atoms with Gasteiger partial charge in [0.2, 0.25) is 0 Å². The molecule has 0 aliphatic carbocycles. The summed E-state index contributed by atoms with van der Waals surface area (Å²) < 4.78 is 7.31. The molecule has 4 aromatic heterocycles. The smallest absolute Gasteiger partial charge is 0.165 e. The normalized spacial score (nSPS) is 12.2. The quantitative estimate of drug-likeness (QED) is 0.181. The molecule has 0 N–H and O–H groups in total. The van der Waals surface area contributed by atoms with Crippen molar-refractivity contribution < 1.29 is 0 Å². The number of aromatic nitrogens is 4. The Kier molecular flexibility index (Phi) is 6.29. The molecule has 264 valence electrons. The van der Waals surface area contributed by atoms with Crippen LogP contribution in [0.15, 0.2) is 182 Å². The fourth-order valence-electron chi connectivity index (χ4n) is 9.41. The van der Waals surface area contributed by atoms with Gasteiger partial charge in [-0.15, -0.1) is 11.3 Å². The number of para-hydroxylation sites is 3. The topological polar surface area (TPSA) is 35.6 Å². The number of nitrogens with zero attached hydrogens (tertiary/aromatic N) is 4. The van der Waals surface area contributed by atoms with E-state index in [1.807, 2.05) is 23.5 Å². The van der Waals surface area contributed by atoms with Crippen molar-refractivity contribution in [3.63, 3.8) is 0 Å². The van der Waals surface area contributed by atoms with Crippen molar-refractivity contribution in [3.05, 3.63) is 182 Å². The molecule has 0 radical (unpaired) electrons. The van der Waals surface area contributed by atoms with Gasteiger partial charge in [-0.3, -0.25) is 4.57 Å². The lowest BCUT2D eigenvalue weighted by atomic mass is 10.0. The molecule has 0 aliphatic rings. The van der Waals surface area contributed by atoms with E-state index in [2.05, 4.69) is 179 Å². The summed E-state index contributed by atoms with van der Waals surface area (Å²) in [6.07, 6.45) is 0. The summed E-state index contributed by atoms with van der Waals surface area (Å²) in [4.78, 5) is 11.0. The molecule has 0 fully saturated rings. The first-order valence-electron chi connectivity index (χ1n) is 19.3. The minimum absolute atomic E-state index is 0.824. The monoisotopic (exact) mass is 742 g/mol. The van der Waals surface area contributed by atoms with Crippen LogP contribution in [0.4, 0.5) is 0 Å². The van der Waals surface area contributed by atoms with Gasteiger partial charge in [0.1, 0.15) is 5.69 Å². The molecule has 0 aliphatic heterocycles. The minimum Gasteiger partial charge on any atom is -0.309 e. The van der Waals surface area contributed by atoms with E-state index >= 15 is 0 Å². The van der Waals surface area contributed by atoms with Crippen LogP contribution >= 0.6 is 11.3 Å². The Morgan fingerprint density at radius 2 is 1.05 bits per heavy atom. The van der Waals surface area contributed by atoms with Crippen molar-refractivity contribution in [2.75, 3.05) is 0 Å². The lowest BCUT2D eigenvalue weighted by Gasteiger charge is -2.15. The maximum atomic E-state index is 5.52. The molecule has 0 unspecified atom stereocenters. The SMILES string of the molecule is c1ccc2c(c1)ccc1c2c2cc(-n3c4ccccc4c4ccc5ccccc5c43)ccc2n1-c1nc2ccccc2nc1-c1cccc2c1sc1ccccc12. The summed E-state index contributed by atoms with van der Waals surface area (Å²) in [5.74, 6) is 0.824. The summed E-state index contributed by atoms with van der Waals surface area (Å²) in [6.45, 7) is 0. The first-order valence-corrected chi connectivity index (χ1v) is 20.2. The Labute approximate surface area is 330 Å². The third kappa shape index (κ3) is 4.32. The van der Waals surface area contributed by atoms with Gasteiger partial charge in [0.05, 0.1) is 33.1 Å². The van der Waals surface area contributed by atoms with Crippen LogP contribution in [-0.4, -0.2) is 19.1 Å². The molecule has 57 heavy (non-hydrogen) atoms. The van der Waals surface area contributed by atoms with Crippen LogP contribution in [0.2, 0.25) is 0 Å². The van der Waals surface area contributed by atoms with Gasteiger partial charge >= 0.3 is 0 Å². The number of thiophene rings is 1. The predicted molar refractivity (Wildman–Crippen MR) is 242 cm³/mol. The van der Waals surface area contributed by atoms with E-state index < -0.39 is 0 Å². The van der Waals surface area contributed by atoms with Crippen LogP contribution in [0.3, 0.4) is 0 Å². The van der Waals surface area contributed by atoms with E-state index in [4.69, 9.17) is 9.97 Å². The van der Waals surface area contributed by atoms with E-state index in [-0.39, 0.29) is 0 Å². The van der Waals surface area contributed by atoms with Crippen LogP contribution in [0.1, 0.15) is 0 Å². The first-order chi connectivity index (χ1) is 28.3. The number of rotatable bonds is 3. The molecule has 0 bridgehead atoms. The highest BCUT2D eigenvalue weighted by Gasteiger charge is 2.24.